The largest absolute Gasteiger partial charge is 0.481 e. The van der Waals surface area contributed by atoms with Crippen molar-refractivity contribution in [3.63, 3.8) is 0 Å². The molecule has 5 rings (SSSR count). The molecule has 0 radical (unpaired) electrons. The summed E-state index contributed by atoms with van der Waals surface area (Å²) >= 11 is 0. The Hall–Kier alpha value is -3.68. The maximum atomic E-state index is 13.7. The Balaban J connectivity index is 1.37. The minimum absolute atomic E-state index is 0.000211. The summed E-state index contributed by atoms with van der Waals surface area (Å²) in [6, 6.07) is 23.6. The van der Waals surface area contributed by atoms with Crippen molar-refractivity contribution < 1.29 is 19.1 Å². The monoisotopic (exact) mass is 541 g/mol. The van der Waals surface area contributed by atoms with E-state index in [1.165, 1.54) is 5.56 Å². The van der Waals surface area contributed by atoms with Crippen molar-refractivity contribution in [2.75, 3.05) is 53.0 Å². The molecule has 0 N–H and O–H groups in total. The van der Waals surface area contributed by atoms with E-state index >= 15 is 0 Å². The maximum Gasteiger partial charge on any atom is 0.263 e. The fraction of sp³-hybridized carbons (Fsp3) is 0.394. The highest BCUT2D eigenvalue weighted by Gasteiger charge is 2.33. The summed E-state index contributed by atoms with van der Waals surface area (Å²) < 4.78 is 11.4. The van der Waals surface area contributed by atoms with E-state index in [-0.39, 0.29) is 17.9 Å². The number of benzene rings is 3. The number of carbonyl (C=O) groups excluding carboxylic acids is 2. The van der Waals surface area contributed by atoms with E-state index < -0.39 is 6.10 Å². The lowest BCUT2D eigenvalue weighted by Gasteiger charge is -2.38. The molecule has 2 aliphatic heterocycles. The molecule has 2 amide bonds. The lowest BCUT2D eigenvalue weighted by Crippen LogP contribution is -2.52. The standard InChI is InChI=1S/C33H39N3O4/c1-24-8-7-11-28(22-24)31-30-23-29(40-25(2)32(37)35-18-16-34(17-19-35)20-21-39-3)13-12-26(30)14-15-36(31)33(38)27-9-5-4-6-10-27/h4-13,22-23,25,31H,14-21H2,1-3H3/t25-,31+/m0/s1. The van der Waals surface area contributed by atoms with Crippen LogP contribution < -0.4 is 4.74 Å². The Kier molecular flexibility index (Phi) is 8.82. The van der Waals surface area contributed by atoms with E-state index in [1.54, 1.807) is 7.11 Å². The SMILES string of the molecule is COCCN1CCN(C(=O)[C@H](C)Oc2ccc3c(c2)[C@@H](c2cccc(C)c2)N(C(=O)c2ccccc2)CC3)CC1. The van der Waals surface area contributed by atoms with Crippen LogP contribution in [0.2, 0.25) is 0 Å². The van der Waals surface area contributed by atoms with E-state index in [0.717, 1.165) is 42.7 Å². The van der Waals surface area contributed by atoms with Gasteiger partial charge in [0.15, 0.2) is 6.10 Å². The third-order valence-corrected chi connectivity index (χ3v) is 7.94. The van der Waals surface area contributed by atoms with E-state index in [9.17, 15) is 9.59 Å². The van der Waals surface area contributed by atoms with Gasteiger partial charge in [-0.3, -0.25) is 14.5 Å². The molecule has 2 heterocycles. The zero-order chi connectivity index (χ0) is 28.1. The second-order valence-corrected chi connectivity index (χ2v) is 10.7. The predicted molar refractivity (Wildman–Crippen MR) is 156 cm³/mol. The average molecular weight is 542 g/mol. The number of piperazine rings is 1. The highest BCUT2D eigenvalue weighted by molar-refractivity contribution is 5.95. The molecule has 1 fully saturated rings. The third-order valence-electron chi connectivity index (χ3n) is 7.94. The Morgan fingerprint density at radius 2 is 1.70 bits per heavy atom. The fourth-order valence-corrected chi connectivity index (χ4v) is 5.76. The quantitative estimate of drug-likeness (QED) is 0.425. The topological polar surface area (TPSA) is 62.3 Å². The van der Waals surface area contributed by atoms with Gasteiger partial charge in [-0.25, -0.2) is 0 Å². The summed E-state index contributed by atoms with van der Waals surface area (Å²) in [5.41, 5.74) is 5.13. The number of nitrogens with zero attached hydrogens (tertiary/aromatic N) is 3. The van der Waals surface area contributed by atoms with Crippen LogP contribution in [-0.2, 0) is 16.0 Å². The predicted octanol–water partition coefficient (Wildman–Crippen LogP) is 4.34. The first-order valence-corrected chi connectivity index (χ1v) is 14.2. The highest BCUT2D eigenvalue weighted by Crippen LogP contribution is 2.38. The van der Waals surface area contributed by atoms with E-state index in [2.05, 4.69) is 36.1 Å². The van der Waals surface area contributed by atoms with Gasteiger partial charge in [-0.15, -0.1) is 0 Å². The number of hydrogen-bond donors (Lipinski definition) is 0. The van der Waals surface area contributed by atoms with Crippen molar-refractivity contribution in [1.29, 1.82) is 0 Å². The zero-order valence-electron chi connectivity index (χ0n) is 23.7. The number of aryl methyl sites for hydroxylation is 1. The molecule has 0 spiro atoms. The van der Waals surface area contributed by atoms with Crippen molar-refractivity contribution >= 4 is 11.8 Å². The van der Waals surface area contributed by atoms with Crippen LogP contribution in [0.15, 0.2) is 72.8 Å². The zero-order valence-corrected chi connectivity index (χ0v) is 23.7. The fourth-order valence-electron chi connectivity index (χ4n) is 5.76. The normalized spacial score (nSPS) is 18.2. The summed E-state index contributed by atoms with van der Waals surface area (Å²) in [4.78, 5) is 33.1. The Labute approximate surface area is 237 Å². The summed E-state index contributed by atoms with van der Waals surface area (Å²) in [5, 5.41) is 0. The molecule has 3 aromatic carbocycles. The van der Waals surface area contributed by atoms with Crippen LogP contribution in [0.1, 0.15) is 45.6 Å². The number of ether oxygens (including phenoxy) is 2. The molecule has 2 aliphatic rings. The van der Waals surface area contributed by atoms with Gasteiger partial charge in [-0.2, -0.15) is 0 Å². The molecule has 0 aromatic heterocycles. The third kappa shape index (κ3) is 6.21. The molecule has 7 heteroatoms. The van der Waals surface area contributed by atoms with Crippen LogP contribution >= 0.6 is 0 Å². The number of amides is 2. The van der Waals surface area contributed by atoms with Crippen molar-refractivity contribution in [2.24, 2.45) is 0 Å². The van der Waals surface area contributed by atoms with Crippen LogP contribution in [-0.4, -0.2) is 85.6 Å². The average Bonchev–Trinajstić information content (AvgIpc) is 2.99. The van der Waals surface area contributed by atoms with Crippen molar-refractivity contribution in [2.45, 2.75) is 32.4 Å². The lowest BCUT2D eigenvalue weighted by atomic mass is 9.87. The number of fused-ring (bicyclic) bond motifs is 1. The van der Waals surface area contributed by atoms with Gasteiger partial charge in [-0.1, -0.05) is 54.1 Å². The Bertz CT molecular complexity index is 1320. The van der Waals surface area contributed by atoms with E-state index in [1.807, 2.05) is 65.3 Å². The number of methoxy groups -OCH3 is 1. The van der Waals surface area contributed by atoms with Gasteiger partial charge in [0, 0.05) is 51.9 Å². The molecule has 3 aromatic rings. The van der Waals surface area contributed by atoms with Gasteiger partial charge in [0.25, 0.3) is 11.8 Å². The molecular weight excluding hydrogens is 502 g/mol. The first kappa shape index (κ1) is 27.9. The van der Waals surface area contributed by atoms with Crippen LogP contribution in [0.25, 0.3) is 0 Å². The van der Waals surface area contributed by atoms with Crippen molar-refractivity contribution in [3.05, 3.63) is 101 Å². The maximum absolute atomic E-state index is 13.7. The minimum atomic E-state index is -0.605. The lowest BCUT2D eigenvalue weighted by molar-refractivity contribution is -0.139. The number of hydrogen-bond acceptors (Lipinski definition) is 5. The number of rotatable bonds is 8. The Morgan fingerprint density at radius 1 is 0.925 bits per heavy atom. The van der Waals surface area contributed by atoms with Gasteiger partial charge in [0.2, 0.25) is 0 Å². The van der Waals surface area contributed by atoms with Gasteiger partial charge in [0.1, 0.15) is 5.75 Å². The minimum Gasteiger partial charge on any atom is -0.481 e. The molecule has 7 nitrogen and oxygen atoms in total. The van der Waals surface area contributed by atoms with Crippen molar-refractivity contribution in [3.8, 4) is 5.75 Å². The first-order chi connectivity index (χ1) is 19.4. The van der Waals surface area contributed by atoms with Gasteiger partial charge >= 0.3 is 0 Å². The molecule has 2 atom stereocenters. The van der Waals surface area contributed by atoms with E-state index in [0.29, 0.717) is 37.6 Å². The molecule has 40 heavy (non-hydrogen) atoms. The summed E-state index contributed by atoms with van der Waals surface area (Å²) in [5.74, 6) is 0.655. The molecule has 1 saturated heterocycles. The number of carbonyl (C=O) groups is 2. The summed E-state index contributed by atoms with van der Waals surface area (Å²) in [6.07, 6.45) is 0.157. The molecular formula is C33H39N3O4. The molecule has 210 valence electrons. The van der Waals surface area contributed by atoms with Gasteiger partial charge in [-0.05, 0) is 61.2 Å². The second-order valence-electron chi connectivity index (χ2n) is 10.7. The Morgan fingerprint density at radius 3 is 2.42 bits per heavy atom. The molecule has 0 aliphatic carbocycles. The highest BCUT2D eigenvalue weighted by atomic mass is 16.5. The van der Waals surface area contributed by atoms with Crippen LogP contribution in [0.5, 0.6) is 5.75 Å². The van der Waals surface area contributed by atoms with Crippen LogP contribution in [0, 0.1) is 6.92 Å². The van der Waals surface area contributed by atoms with Crippen LogP contribution in [0.4, 0.5) is 0 Å². The smallest absolute Gasteiger partial charge is 0.263 e. The van der Waals surface area contributed by atoms with Crippen LogP contribution in [0.3, 0.4) is 0 Å². The van der Waals surface area contributed by atoms with Gasteiger partial charge in [0.05, 0.1) is 12.6 Å². The molecule has 0 unspecified atom stereocenters. The summed E-state index contributed by atoms with van der Waals surface area (Å²) in [6.45, 7) is 9.15. The van der Waals surface area contributed by atoms with Crippen molar-refractivity contribution in [1.82, 2.24) is 14.7 Å². The van der Waals surface area contributed by atoms with E-state index in [4.69, 9.17) is 9.47 Å². The first-order valence-electron chi connectivity index (χ1n) is 14.2. The second kappa shape index (κ2) is 12.7. The summed E-state index contributed by atoms with van der Waals surface area (Å²) in [7, 11) is 1.71. The molecule has 0 bridgehead atoms. The molecule has 0 saturated carbocycles. The van der Waals surface area contributed by atoms with Gasteiger partial charge < -0.3 is 19.3 Å².